The summed E-state index contributed by atoms with van der Waals surface area (Å²) < 4.78 is 15.3. The quantitative estimate of drug-likeness (QED) is 0.668. The zero-order chi connectivity index (χ0) is 20.8. The van der Waals surface area contributed by atoms with Crippen LogP contribution in [0.2, 0.25) is 5.02 Å². The molecule has 2 aromatic rings. The number of fused-ring (bicyclic) bond motifs is 1. The van der Waals surface area contributed by atoms with Crippen molar-refractivity contribution < 1.29 is 28.6 Å². The SMILES string of the molecule is C[C@@H](NC(=O)COC(=O)CNC(=O)c1ccc2c(c1)OCO2)c1ccccc1Cl. The molecule has 2 N–H and O–H groups in total. The van der Waals surface area contributed by atoms with Crippen LogP contribution < -0.4 is 20.1 Å². The van der Waals surface area contributed by atoms with Crippen molar-refractivity contribution in [2.75, 3.05) is 19.9 Å². The van der Waals surface area contributed by atoms with Crippen LogP contribution in [-0.2, 0) is 14.3 Å². The molecule has 0 aliphatic carbocycles. The zero-order valence-electron chi connectivity index (χ0n) is 15.6. The topological polar surface area (TPSA) is 103 Å². The van der Waals surface area contributed by atoms with E-state index in [1.54, 1.807) is 37.3 Å². The maximum Gasteiger partial charge on any atom is 0.325 e. The molecule has 0 saturated heterocycles. The largest absolute Gasteiger partial charge is 0.454 e. The molecule has 9 heteroatoms. The number of halogens is 1. The van der Waals surface area contributed by atoms with Crippen LogP contribution in [0.3, 0.4) is 0 Å². The molecule has 152 valence electrons. The Balaban J connectivity index is 1.41. The molecule has 0 fully saturated rings. The predicted molar refractivity (Wildman–Crippen MR) is 104 cm³/mol. The van der Waals surface area contributed by atoms with Crippen LogP contribution in [0, 0.1) is 0 Å². The van der Waals surface area contributed by atoms with Gasteiger partial charge >= 0.3 is 5.97 Å². The van der Waals surface area contributed by atoms with Crippen molar-refractivity contribution in [2.45, 2.75) is 13.0 Å². The highest BCUT2D eigenvalue weighted by Gasteiger charge is 2.17. The molecule has 1 aliphatic heterocycles. The highest BCUT2D eigenvalue weighted by molar-refractivity contribution is 6.31. The van der Waals surface area contributed by atoms with Gasteiger partial charge in [0, 0.05) is 10.6 Å². The summed E-state index contributed by atoms with van der Waals surface area (Å²) >= 11 is 6.09. The number of esters is 1. The molecular formula is C20H19ClN2O6. The number of rotatable bonds is 7. The number of hydrogen-bond donors (Lipinski definition) is 2. The average Bonchev–Trinajstić information content (AvgIpc) is 3.18. The Morgan fingerprint density at radius 2 is 1.90 bits per heavy atom. The molecule has 0 bridgehead atoms. The summed E-state index contributed by atoms with van der Waals surface area (Å²) in [6.07, 6.45) is 0. The second-order valence-electron chi connectivity index (χ2n) is 6.22. The van der Waals surface area contributed by atoms with E-state index in [0.717, 1.165) is 5.56 Å². The minimum atomic E-state index is -0.736. The standard InChI is InChI=1S/C20H19ClN2O6/c1-12(14-4-2-3-5-15(14)21)23-18(24)10-27-19(25)9-22-20(26)13-6-7-16-17(8-13)29-11-28-16/h2-8,12H,9-11H2,1H3,(H,22,26)(H,23,24)/t12-/m1/s1. The Morgan fingerprint density at radius 1 is 1.14 bits per heavy atom. The zero-order valence-corrected chi connectivity index (χ0v) is 16.3. The maximum atomic E-state index is 12.1. The van der Waals surface area contributed by atoms with Crippen LogP contribution >= 0.6 is 11.6 Å². The van der Waals surface area contributed by atoms with Crippen LogP contribution in [0.4, 0.5) is 0 Å². The molecule has 0 spiro atoms. The van der Waals surface area contributed by atoms with E-state index in [-0.39, 0.29) is 19.4 Å². The number of ether oxygens (including phenoxy) is 3. The van der Waals surface area contributed by atoms with Crippen molar-refractivity contribution in [3.05, 3.63) is 58.6 Å². The highest BCUT2D eigenvalue weighted by Crippen LogP contribution is 2.32. The summed E-state index contributed by atoms with van der Waals surface area (Å²) in [5.74, 6) is -0.674. The first kappa shape index (κ1) is 20.5. The molecule has 0 radical (unpaired) electrons. The van der Waals surface area contributed by atoms with E-state index in [1.165, 1.54) is 6.07 Å². The van der Waals surface area contributed by atoms with Crippen molar-refractivity contribution in [3.8, 4) is 11.5 Å². The molecular weight excluding hydrogens is 400 g/mol. The van der Waals surface area contributed by atoms with Gasteiger partial charge in [-0.25, -0.2) is 0 Å². The lowest BCUT2D eigenvalue weighted by molar-refractivity contribution is -0.147. The number of carbonyl (C=O) groups excluding carboxylic acids is 3. The van der Waals surface area contributed by atoms with Crippen molar-refractivity contribution >= 4 is 29.4 Å². The summed E-state index contributed by atoms with van der Waals surface area (Å²) in [6, 6.07) is 11.5. The van der Waals surface area contributed by atoms with Gasteiger partial charge in [-0.05, 0) is 36.8 Å². The number of nitrogens with one attached hydrogen (secondary N) is 2. The first-order valence-corrected chi connectivity index (χ1v) is 9.19. The third kappa shape index (κ3) is 5.39. The smallest absolute Gasteiger partial charge is 0.325 e. The molecule has 2 aromatic carbocycles. The average molecular weight is 419 g/mol. The summed E-state index contributed by atoms with van der Waals surface area (Å²) in [5, 5.41) is 5.65. The lowest BCUT2D eigenvalue weighted by Gasteiger charge is -2.15. The Morgan fingerprint density at radius 3 is 2.69 bits per heavy atom. The molecule has 1 atom stereocenters. The van der Waals surface area contributed by atoms with Gasteiger partial charge in [-0.1, -0.05) is 29.8 Å². The molecule has 29 heavy (non-hydrogen) atoms. The summed E-state index contributed by atoms with van der Waals surface area (Å²) in [4.78, 5) is 35.9. The number of benzene rings is 2. The predicted octanol–water partition coefficient (Wildman–Crippen LogP) is 2.22. The van der Waals surface area contributed by atoms with E-state index in [1.807, 2.05) is 6.07 Å². The van der Waals surface area contributed by atoms with Gasteiger partial charge in [-0.2, -0.15) is 0 Å². The van der Waals surface area contributed by atoms with Gasteiger partial charge in [0.1, 0.15) is 6.54 Å². The Labute approximate surface area is 172 Å². The van der Waals surface area contributed by atoms with Gasteiger partial charge < -0.3 is 24.8 Å². The van der Waals surface area contributed by atoms with Crippen LogP contribution in [-0.4, -0.2) is 37.7 Å². The molecule has 1 heterocycles. The van der Waals surface area contributed by atoms with E-state index in [4.69, 9.17) is 25.8 Å². The normalized spacial score (nSPS) is 12.8. The van der Waals surface area contributed by atoms with Crippen LogP contribution in [0.25, 0.3) is 0 Å². The van der Waals surface area contributed by atoms with Gasteiger partial charge in [0.15, 0.2) is 18.1 Å². The third-order valence-corrected chi connectivity index (χ3v) is 4.49. The Hall–Kier alpha value is -3.26. The number of carbonyl (C=O) groups is 3. The summed E-state index contributed by atoms with van der Waals surface area (Å²) in [5.41, 5.74) is 1.07. The van der Waals surface area contributed by atoms with Crippen LogP contribution in [0.1, 0.15) is 28.9 Å². The minimum absolute atomic E-state index is 0.101. The van der Waals surface area contributed by atoms with Gasteiger partial charge in [0.2, 0.25) is 6.79 Å². The lowest BCUT2D eigenvalue weighted by atomic mass is 10.1. The number of amides is 2. The second-order valence-corrected chi connectivity index (χ2v) is 6.63. The molecule has 0 unspecified atom stereocenters. The van der Waals surface area contributed by atoms with E-state index < -0.39 is 24.4 Å². The van der Waals surface area contributed by atoms with Gasteiger partial charge in [0.25, 0.3) is 11.8 Å². The maximum absolute atomic E-state index is 12.1. The minimum Gasteiger partial charge on any atom is -0.454 e. The van der Waals surface area contributed by atoms with Crippen molar-refractivity contribution in [3.63, 3.8) is 0 Å². The van der Waals surface area contributed by atoms with Crippen molar-refractivity contribution in [2.24, 2.45) is 0 Å². The monoisotopic (exact) mass is 418 g/mol. The first-order valence-electron chi connectivity index (χ1n) is 8.81. The highest BCUT2D eigenvalue weighted by atomic mass is 35.5. The summed E-state index contributed by atoms with van der Waals surface area (Å²) in [7, 11) is 0. The molecule has 3 rings (SSSR count). The van der Waals surface area contributed by atoms with Crippen molar-refractivity contribution in [1.29, 1.82) is 0 Å². The van der Waals surface area contributed by atoms with E-state index in [0.29, 0.717) is 22.1 Å². The van der Waals surface area contributed by atoms with Crippen LogP contribution in [0.5, 0.6) is 11.5 Å². The fourth-order valence-electron chi connectivity index (χ4n) is 2.68. The molecule has 0 saturated carbocycles. The molecule has 8 nitrogen and oxygen atoms in total. The first-order chi connectivity index (χ1) is 13.9. The van der Waals surface area contributed by atoms with Gasteiger partial charge in [-0.3, -0.25) is 14.4 Å². The molecule has 1 aliphatic rings. The van der Waals surface area contributed by atoms with E-state index in [2.05, 4.69) is 10.6 Å². The molecule has 0 aromatic heterocycles. The van der Waals surface area contributed by atoms with Gasteiger partial charge in [-0.15, -0.1) is 0 Å². The Kier molecular flexibility index (Phi) is 6.56. The second kappa shape index (κ2) is 9.29. The fraction of sp³-hybridized carbons (Fsp3) is 0.250. The van der Waals surface area contributed by atoms with Crippen molar-refractivity contribution in [1.82, 2.24) is 10.6 Å². The molecule has 2 amide bonds. The Bertz CT molecular complexity index is 933. The lowest BCUT2D eigenvalue weighted by Crippen LogP contribution is -2.34. The summed E-state index contributed by atoms with van der Waals surface area (Å²) in [6.45, 7) is 1.03. The van der Waals surface area contributed by atoms with E-state index >= 15 is 0 Å². The third-order valence-electron chi connectivity index (χ3n) is 4.14. The van der Waals surface area contributed by atoms with Crippen LogP contribution in [0.15, 0.2) is 42.5 Å². The number of hydrogen-bond acceptors (Lipinski definition) is 6. The van der Waals surface area contributed by atoms with E-state index in [9.17, 15) is 14.4 Å². The fourth-order valence-corrected chi connectivity index (χ4v) is 2.98. The van der Waals surface area contributed by atoms with Gasteiger partial charge in [0.05, 0.1) is 6.04 Å².